The number of hydrogen-bond acceptors (Lipinski definition) is 3. The zero-order valence-electron chi connectivity index (χ0n) is 10.3. The van der Waals surface area contributed by atoms with Gasteiger partial charge in [-0.15, -0.1) is 0 Å². The molecule has 1 rings (SSSR count). The zero-order chi connectivity index (χ0) is 12.3. The minimum atomic E-state index is 0.0477. The van der Waals surface area contributed by atoms with E-state index in [0.29, 0.717) is 17.3 Å². The maximum absolute atomic E-state index is 9.05. The summed E-state index contributed by atoms with van der Waals surface area (Å²) >= 11 is 0. The Morgan fingerprint density at radius 3 is 2.56 bits per heavy atom. The second kappa shape index (κ2) is 4.93. The normalized spacial score (nSPS) is 12.5. The number of hydrogen-bond donors (Lipinski definition) is 1. The lowest BCUT2D eigenvalue weighted by Crippen LogP contribution is -2.14. The molecule has 1 heterocycles. The minimum absolute atomic E-state index is 0.0477. The van der Waals surface area contributed by atoms with Crippen molar-refractivity contribution in [1.82, 2.24) is 4.57 Å². The molecule has 0 unspecified atom stereocenters. The van der Waals surface area contributed by atoms with Crippen LogP contribution in [0.3, 0.4) is 0 Å². The molecule has 0 saturated heterocycles. The number of nitrogens with zero attached hydrogens (tertiary/aromatic N) is 2. The Morgan fingerprint density at radius 1 is 1.50 bits per heavy atom. The third kappa shape index (κ3) is 2.30. The average molecular weight is 221 g/mol. The first-order valence-corrected chi connectivity index (χ1v) is 5.58. The van der Waals surface area contributed by atoms with Gasteiger partial charge >= 0.3 is 0 Å². The summed E-state index contributed by atoms with van der Waals surface area (Å²) in [5.41, 5.74) is 6.95. The van der Waals surface area contributed by atoms with E-state index in [1.165, 1.54) is 0 Å². The smallest absolute Gasteiger partial charge is 0.218 e. The molecule has 0 aliphatic carbocycles. The van der Waals surface area contributed by atoms with Crippen LogP contribution in [0.4, 0.5) is 5.69 Å². The minimum Gasteiger partial charge on any atom is -0.475 e. The molecule has 0 aromatic carbocycles. The van der Waals surface area contributed by atoms with Gasteiger partial charge < -0.3 is 10.5 Å². The number of nitrogen functional groups attached to an aromatic ring is 1. The third-order valence-corrected chi connectivity index (χ3v) is 2.51. The fourth-order valence-corrected chi connectivity index (χ4v) is 1.58. The number of anilines is 1. The van der Waals surface area contributed by atoms with Gasteiger partial charge in [0.25, 0.3) is 0 Å². The van der Waals surface area contributed by atoms with E-state index < -0.39 is 0 Å². The summed E-state index contributed by atoms with van der Waals surface area (Å²) in [6.07, 6.45) is 0.976. The van der Waals surface area contributed by atoms with Crippen molar-refractivity contribution in [2.24, 2.45) is 0 Å². The number of rotatable bonds is 4. The maximum Gasteiger partial charge on any atom is 0.218 e. The van der Waals surface area contributed by atoms with Crippen LogP contribution in [0.5, 0.6) is 5.88 Å². The number of nitrogens with two attached hydrogens (primary N) is 1. The van der Waals surface area contributed by atoms with Crippen LogP contribution in [-0.4, -0.2) is 10.7 Å². The van der Waals surface area contributed by atoms with Crippen molar-refractivity contribution in [2.75, 3.05) is 5.73 Å². The zero-order valence-corrected chi connectivity index (χ0v) is 10.3. The molecule has 16 heavy (non-hydrogen) atoms. The average Bonchev–Trinajstić information content (AvgIpc) is 2.54. The van der Waals surface area contributed by atoms with Gasteiger partial charge in [0.15, 0.2) is 0 Å². The van der Waals surface area contributed by atoms with Crippen LogP contribution in [0, 0.1) is 11.3 Å². The molecular weight excluding hydrogens is 202 g/mol. The van der Waals surface area contributed by atoms with E-state index in [1.54, 1.807) is 6.07 Å². The Morgan fingerprint density at radius 2 is 2.12 bits per heavy atom. The highest BCUT2D eigenvalue weighted by Gasteiger charge is 2.18. The number of aromatic nitrogens is 1. The van der Waals surface area contributed by atoms with Gasteiger partial charge in [-0.1, -0.05) is 6.92 Å². The predicted octanol–water partition coefficient (Wildman–Crippen LogP) is 2.70. The highest BCUT2D eigenvalue weighted by Crippen LogP contribution is 2.32. The van der Waals surface area contributed by atoms with Crippen molar-refractivity contribution < 1.29 is 4.74 Å². The summed E-state index contributed by atoms with van der Waals surface area (Å²) in [6.45, 7) is 8.01. The molecular formula is C12H19N3O. The second-order valence-electron chi connectivity index (χ2n) is 4.20. The summed E-state index contributed by atoms with van der Waals surface area (Å²) in [7, 11) is 0. The first-order chi connectivity index (χ1) is 7.51. The summed E-state index contributed by atoms with van der Waals surface area (Å²) in [5, 5.41) is 9.05. The first-order valence-electron chi connectivity index (χ1n) is 5.58. The number of nitriles is 1. The van der Waals surface area contributed by atoms with Crippen LogP contribution in [-0.2, 0) is 0 Å². The summed E-state index contributed by atoms with van der Waals surface area (Å²) in [4.78, 5) is 0. The van der Waals surface area contributed by atoms with Crippen molar-refractivity contribution in [3.8, 4) is 11.9 Å². The summed E-state index contributed by atoms with van der Waals surface area (Å²) < 4.78 is 7.54. The van der Waals surface area contributed by atoms with E-state index in [-0.39, 0.29) is 12.1 Å². The molecule has 0 amide bonds. The lowest BCUT2D eigenvalue weighted by Gasteiger charge is -2.19. The van der Waals surface area contributed by atoms with E-state index in [9.17, 15) is 0 Å². The maximum atomic E-state index is 9.05. The van der Waals surface area contributed by atoms with Gasteiger partial charge in [-0.25, -0.2) is 0 Å². The van der Waals surface area contributed by atoms with Gasteiger partial charge in [0.05, 0.1) is 11.8 Å². The highest BCUT2D eigenvalue weighted by molar-refractivity contribution is 5.55. The molecule has 0 spiro atoms. The fourth-order valence-electron chi connectivity index (χ4n) is 1.58. The van der Waals surface area contributed by atoms with Crippen LogP contribution >= 0.6 is 0 Å². The third-order valence-electron chi connectivity index (χ3n) is 2.51. The quantitative estimate of drug-likeness (QED) is 0.850. The largest absolute Gasteiger partial charge is 0.475 e. The Labute approximate surface area is 96.6 Å². The van der Waals surface area contributed by atoms with Crippen LogP contribution in [0.25, 0.3) is 0 Å². The highest BCUT2D eigenvalue weighted by atomic mass is 16.5. The SMILES string of the molecule is CC[C@H](C)n1c(C#N)cc(N)c1OC(C)C. The molecule has 4 nitrogen and oxygen atoms in total. The van der Waals surface area contributed by atoms with Crippen molar-refractivity contribution >= 4 is 5.69 Å². The van der Waals surface area contributed by atoms with Gasteiger partial charge in [0.1, 0.15) is 11.8 Å². The van der Waals surface area contributed by atoms with E-state index >= 15 is 0 Å². The van der Waals surface area contributed by atoms with E-state index in [0.717, 1.165) is 6.42 Å². The van der Waals surface area contributed by atoms with Gasteiger partial charge in [0.2, 0.25) is 5.88 Å². The van der Waals surface area contributed by atoms with Gasteiger partial charge in [-0.05, 0) is 27.2 Å². The molecule has 0 aliphatic rings. The molecule has 0 saturated carbocycles. The standard InChI is InChI=1S/C12H19N3O/c1-5-9(4)15-10(7-13)6-11(14)12(15)16-8(2)3/h6,8-9H,5,14H2,1-4H3/t9-/m0/s1. The van der Waals surface area contributed by atoms with Crippen molar-refractivity contribution in [1.29, 1.82) is 5.26 Å². The second-order valence-corrected chi connectivity index (χ2v) is 4.20. The van der Waals surface area contributed by atoms with Crippen molar-refractivity contribution in [2.45, 2.75) is 46.3 Å². The first kappa shape index (κ1) is 12.4. The summed E-state index contributed by atoms with van der Waals surface area (Å²) in [6, 6.07) is 4.03. The van der Waals surface area contributed by atoms with E-state index in [2.05, 4.69) is 13.0 Å². The molecule has 0 fully saturated rings. The lowest BCUT2D eigenvalue weighted by molar-refractivity contribution is 0.217. The Kier molecular flexibility index (Phi) is 3.83. The fraction of sp³-hybridized carbons (Fsp3) is 0.583. The molecule has 1 atom stereocenters. The molecule has 0 radical (unpaired) electrons. The van der Waals surface area contributed by atoms with Crippen LogP contribution in [0.1, 0.15) is 45.9 Å². The number of ether oxygens (including phenoxy) is 1. The molecule has 1 aromatic rings. The van der Waals surface area contributed by atoms with Gasteiger partial charge in [-0.2, -0.15) is 5.26 Å². The van der Waals surface area contributed by atoms with Gasteiger partial charge in [-0.3, -0.25) is 4.57 Å². The van der Waals surface area contributed by atoms with E-state index in [4.69, 9.17) is 15.7 Å². The molecule has 88 valence electrons. The van der Waals surface area contributed by atoms with Crippen molar-refractivity contribution in [3.63, 3.8) is 0 Å². The summed E-state index contributed by atoms with van der Waals surface area (Å²) in [5.74, 6) is 0.612. The van der Waals surface area contributed by atoms with Gasteiger partial charge in [0, 0.05) is 12.1 Å². The monoisotopic (exact) mass is 221 g/mol. The topological polar surface area (TPSA) is 64.0 Å². The predicted molar refractivity (Wildman–Crippen MR) is 64.3 cm³/mol. The Bertz CT molecular complexity index is 401. The van der Waals surface area contributed by atoms with Crippen LogP contribution in [0.2, 0.25) is 0 Å². The molecule has 4 heteroatoms. The molecule has 1 aromatic heterocycles. The Balaban J connectivity index is 3.24. The molecule has 0 aliphatic heterocycles. The van der Waals surface area contributed by atoms with Crippen molar-refractivity contribution in [3.05, 3.63) is 11.8 Å². The van der Waals surface area contributed by atoms with E-state index in [1.807, 2.05) is 25.3 Å². The van der Waals surface area contributed by atoms with Crippen LogP contribution < -0.4 is 10.5 Å². The molecule has 0 bridgehead atoms. The van der Waals surface area contributed by atoms with Crippen LogP contribution in [0.15, 0.2) is 6.07 Å². The Hall–Kier alpha value is -1.63. The molecule has 2 N–H and O–H groups in total. The lowest BCUT2D eigenvalue weighted by atomic mass is 10.2.